The highest BCUT2D eigenvalue weighted by molar-refractivity contribution is 9.09. The molecule has 1 aromatic rings. The minimum absolute atomic E-state index is 0.0676. The Labute approximate surface area is 121 Å². The van der Waals surface area contributed by atoms with Crippen LogP contribution in [0.5, 0.6) is 5.75 Å². The van der Waals surface area contributed by atoms with Gasteiger partial charge in [0.25, 0.3) is 0 Å². The predicted octanol–water partition coefficient (Wildman–Crippen LogP) is 4.15. The van der Waals surface area contributed by atoms with Crippen LogP contribution in [0.1, 0.15) is 26.3 Å². The molecule has 0 radical (unpaired) electrons. The predicted molar refractivity (Wildman–Crippen MR) is 80.8 cm³/mol. The Morgan fingerprint density at radius 3 is 2.58 bits per heavy atom. The van der Waals surface area contributed by atoms with Crippen molar-refractivity contribution in [2.75, 3.05) is 10.6 Å². The molecule has 0 aliphatic rings. The van der Waals surface area contributed by atoms with Gasteiger partial charge in [-0.25, -0.2) is 4.79 Å². The summed E-state index contributed by atoms with van der Waals surface area (Å²) in [4.78, 5) is 11.6. The summed E-state index contributed by atoms with van der Waals surface area (Å²) in [5.41, 5.74) is 1.32. The van der Waals surface area contributed by atoms with Crippen LogP contribution in [0, 0.1) is 0 Å². The number of hydrogen-bond donors (Lipinski definition) is 2. The van der Waals surface area contributed by atoms with Gasteiger partial charge in [0.05, 0.1) is 0 Å². The van der Waals surface area contributed by atoms with Crippen LogP contribution in [0.25, 0.3) is 5.57 Å². The molecule has 1 aromatic carbocycles. The fraction of sp³-hybridized carbons (Fsp3) is 0.357. The van der Waals surface area contributed by atoms with Gasteiger partial charge in [-0.3, -0.25) is 5.32 Å². The van der Waals surface area contributed by atoms with Gasteiger partial charge in [0.15, 0.2) is 0 Å². The molecule has 19 heavy (non-hydrogen) atoms. The fourth-order valence-corrected chi connectivity index (χ4v) is 1.70. The second kappa shape index (κ2) is 6.10. The van der Waals surface area contributed by atoms with E-state index in [2.05, 4.69) is 27.8 Å². The smallest absolute Gasteiger partial charge is 0.412 e. The Bertz CT molecular complexity index is 492. The van der Waals surface area contributed by atoms with Gasteiger partial charge in [-0.2, -0.15) is 0 Å². The lowest BCUT2D eigenvalue weighted by molar-refractivity contribution is 0.0636. The van der Waals surface area contributed by atoms with E-state index >= 15 is 0 Å². The van der Waals surface area contributed by atoms with Crippen LogP contribution in [0.2, 0.25) is 0 Å². The molecule has 0 spiro atoms. The summed E-state index contributed by atoms with van der Waals surface area (Å²) in [6, 6.07) is 4.85. The molecule has 0 saturated carbocycles. The van der Waals surface area contributed by atoms with Gasteiger partial charge in [0, 0.05) is 22.6 Å². The first-order valence-corrected chi connectivity index (χ1v) is 6.92. The van der Waals surface area contributed by atoms with Crippen molar-refractivity contribution < 1.29 is 14.6 Å². The fourth-order valence-electron chi connectivity index (χ4n) is 1.40. The van der Waals surface area contributed by atoms with E-state index in [1.807, 2.05) is 0 Å². The monoisotopic (exact) mass is 327 g/mol. The van der Waals surface area contributed by atoms with E-state index in [9.17, 15) is 9.90 Å². The summed E-state index contributed by atoms with van der Waals surface area (Å²) in [5, 5.41) is 13.0. The zero-order chi connectivity index (χ0) is 14.6. The number of allylic oxidation sites excluding steroid dienone is 1. The van der Waals surface area contributed by atoms with Gasteiger partial charge in [-0.05, 0) is 38.5 Å². The molecule has 0 unspecified atom stereocenters. The summed E-state index contributed by atoms with van der Waals surface area (Å²) < 4.78 is 5.12. The van der Waals surface area contributed by atoms with E-state index in [0.29, 0.717) is 16.6 Å². The van der Waals surface area contributed by atoms with Crippen molar-refractivity contribution in [3.8, 4) is 5.75 Å². The van der Waals surface area contributed by atoms with Crippen molar-refractivity contribution in [1.29, 1.82) is 0 Å². The van der Waals surface area contributed by atoms with Crippen molar-refractivity contribution in [2.45, 2.75) is 26.4 Å². The molecule has 5 heteroatoms. The lowest BCUT2D eigenvalue weighted by Gasteiger charge is -2.19. The Morgan fingerprint density at radius 1 is 1.47 bits per heavy atom. The van der Waals surface area contributed by atoms with Gasteiger partial charge < -0.3 is 9.84 Å². The Balaban J connectivity index is 2.79. The van der Waals surface area contributed by atoms with E-state index in [0.717, 1.165) is 5.57 Å². The largest absolute Gasteiger partial charge is 0.507 e. The van der Waals surface area contributed by atoms with Crippen molar-refractivity contribution in [3.63, 3.8) is 0 Å². The highest BCUT2D eigenvalue weighted by Crippen LogP contribution is 2.28. The first-order chi connectivity index (χ1) is 8.73. The lowest BCUT2D eigenvalue weighted by atomic mass is 10.1. The van der Waals surface area contributed by atoms with Crippen molar-refractivity contribution in [3.05, 3.63) is 30.3 Å². The Morgan fingerprint density at radius 2 is 2.11 bits per heavy atom. The van der Waals surface area contributed by atoms with Crippen LogP contribution >= 0.6 is 15.9 Å². The van der Waals surface area contributed by atoms with E-state index in [1.54, 1.807) is 32.9 Å². The molecular weight excluding hydrogens is 310 g/mol. The number of carbonyl (C=O) groups excluding carboxylic acids is 1. The van der Waals surface area contributed by atoms with Gasteiger partial charge in [-0.1, -0.05) is 22.5 Å². The molecule has 0 aliphatic heterocycles. The van der Waals surface area contributed by atoms with Crippen molar-refractivity contribution in [1.82, 2.24) is 0 Å². The number of anilines is 1. The zero-order valence-corrected chi connectivity index (χ0v) is 12.9. The topological polar surface area (TPSA) is 58.6 Å². The minimum atomic E-state index is -0.559. The molecule has 2 N–H and O–H groups in total. The highest BCUT2D eigenvalue weighted by atomic mass is 79.9. The number of amides is 1. The van der Waals surface area contributed by atoms with Gasteiger partial charge in [0.1, 0.15) is 11.4 Å². The number of alkyl halides is 1. The van der Waals surface area contributed by atoms with Crippen LogP contribution in [-0.2, 0) is 4.74 Å². The average molecular weight is 328 g/mol. The second-order valence-corrected chi connectivity index (χ2v) is 5.66. The number of halogens is 1. The molecule has 1 rings (SSSR count). The molecule has 0 atom stereocenters. The van der Waals surface area contributed by atoms with Crippen LogP contribution in [0.4, 0.5) is 10.5 Å². The SMILES string of the molecule is C=C(CBr)c1ccc(NC(=O)OC(C)(C)C)cc1O. The quantitative estimate of drug-likeness (QED) is 0.820. The van der Waals surface area contributed by atoms with Crippen LogP contribution in [-0.4, -0.2) is 22.1 Å². The van der Waals surface area contributed by atoms with Crippen LogP contribution < -0.4 is 5.32 Å². The normalized spacial score (nSPS) is 10.9. The molecule has 0 saturated heterocycles. The Hall–Kier alpha value is -1.49. The van der Waals surface area contributed by atoms with E-state index in [4.69, 9.17) is 4.74 Å². The van der Waals surface area contributed by atoms with Gasteiger partial charge in [0.2, 0.25) is 0 Å². The van der Waals surface area contributed by atoms with E-state index in [1.165, 1.54) is 6.07 Å². The molecule has 0 fully saturated rings. The molecule has 104 valence electrons. The van der Waals surface area contributed by atoms with E-state index in [-0.39, 0.29) is 5.75 Å². The number of nitrogens with one attached hydrogen (secondary N) is 1. The molecular formula is C14H18BrNO3. The third-order valence-electron chi connectivity index (χ3n) is 2.19. The second-order valence-electron chi connectivity index (χ2n) is 5.10. The summed E-state index contributed by atoms with van der Waals surface area (Å²) in [5.74, 6) is 0.0676. The van der Waals surface area contributed by atoms with Gasteiger partial charge >= 0.3 is 6.09 Å². The van der Waals surface area contributed by atoms with Crippen LogP contribution in [0.15, 0.2) is 24.8 Å². The summed E-state index contributed by atoms with van der Waals surface area (Å²) in [6.07, 6.45) is -0.557. The zero-order valence-electron chi connectivity index (χ0n) is 11.3. The number of rotatable bonds is 3. The first-order valence-electron chi connectivity index (χ1n) is 5.80. The van der Waals surface area contributed by atoms with Crippen molar-refractivity contribution >= 4 is 33.3 Å². The molecule has 0 heterocycles. The minimum Gasteiger partial charge on any atom is -0.507 e. The summed E-state index contributed by atoms with van der Waals surface area (Å²) in [6.45, 7) is 9.18. The maximum absolute atomic E-state index is 11.6. The van der Waals surface area contributed by atoms with E-state index < -0.39 is 11.7 Å². The number of phenols is 1. The molecule has 4 nitrogen and oxygen atoms in total. The lowest BCUT2D eigenvalue weighted by Crippen LogP contribution is -2.27. The third-order valence-corrected chi connectivity index (χ3v) is 2.86. The Kier molecular flexibility index (Phi) is 5.00. The maximum atomic E-state index is 11.6. The average Bonchev–Trinajstić information content (AvgIpc) is 2.25. The third kappa shape index (κ3) is 4.95. The summed E-state index contributed by atoms with van der Waals surface area (Å²) in [7, 11) is 0. The number of aromatic hydroxyl groups is 1. The maximum Gasteiger partial charge on any atom is 0.412 e. The standard InChI is InChI=1S/C14H18BrNO3/c1-9(8-15)11-6-5-10(7-12(11)17)16-13(18)19-14(2,3)4/h5-7,17H,1,8H2,2-4H3,(H,16,18). The highest BCUT2D eigenvalue weighted by Gasteiger charge is 2.16. The molecule has 0 aliphatic carbocycles. The van der Waals surface area contributed by atoms with Crippen molar-refractivity contribution in [2.24, 2.45) is 0 Å². The summed E-state index contributed by atoms with van der Waals surface area (Å²) >= 11 is 3.28. The first kappa shape index (κ1) is 15.6. The number of phenolic OH excluding ortho intramolecular Hbond substituents is 1. The van der Waals surface area contributed by atoms with Crippen LogP contribution in [0.3, 0.4) is 0 Å². The number of hydrogen-bond acceptors (Lipinski definition) is 3. The molecule has 1 amide bonds. The molecule has 0 bridgehead atoms. The number of carbonyl (C=O) groups is 1. The van der Waals surface area contributed by atoms with Gasteiger partial charge in [-0.15, -0.1) is 0 Å². The molecule has 0 aromatic heterocycles. The number of benzene rings is 1. The number of ether oxygens (including phenoxy) is 1.